The van der Waals surface area contributed by atoms with Crippen LogP contribution in [0.4, 0.5) is 4.79 Å². The summed E-state index contributed by atoms with van der Waals surface area (Å²) in [4.78, 5) is 26.1. The summed E-state index contributed by atoms with van der Waals surface area (Å²) >= 11 is 0. The van der Waals surface area contributed by atoms with Crippen LogP contribution in [0.1, 0.15) is 21.6 Å². The maximum Gasteiger partial charge on any atom is 0.354 e. The lowest BCUT2D eigenvalue weighted by molar-refractivity contribution is 0.0690. The van der Waals surface area contributed by atoms with Crippen molar-refractivity contribution < 1.29 is 14.7 Å². The normalized spacial score (nSPS) is 9.90. The van der Waals surface area contributed by atoms with E-state index < -0.39 is 5.97 Å². The number of nitrogens with one attached hydrogen (secondary N) is 2. The number of carboxylic acid groups (broad SMARTS) is 1. The van der Waals surface area contributed by atoms with Crippen molar-refractivity contribution in [2.45, 2.75) is 13.1 Å². The third-order valence-electron chi connectivity index (χ3n) is 2.79. The number of carboxylic acids is 1. The van der Waals surface area contributed by atoms with Crippen LogP contribution < -0.4 is 10.6 Å². The van der Waals surface area contributed by atoms with E-state index in [1.54, 1.807) is 6.07 Å². The zero-order valence-corrected chi connectivity index (χ0v) is 11.2. The summed E-state index contributed by atoms with van der Waals surface area (Å²) in [7, 11) is 0. The number of hydrogen-bond acceptors (Lipinski definition) is 3. The second-order valence-corrected chi connectivity index (χ2v) is 4.38. The average Bonchev–Trinajstić information content (AvgIpc) is 2.52. The SMILES string of the molecule is O=C(NCc1ccccc1)NCc1ccc(C(=O)O)nc1. The number of pyridine rings is 1. The van der Waals surface area contributed by atoms with Crippen LogP contribution >= 0.6 is 0 Å². The van der Waals surface area contributed by atoms with Gasteiger partial charge in [-0.05, 0) is 17.2 Å². The van der Waals surface area contributed by atoms with Crippen molar-refractivity contribution >= 4 is 12.0 Å². The summed E-state index contributed by atoms with van der Waals surface area (Å²) in [5, 5.41) is 14.1. The number of benzene rings is 1. The Balaban J connectivity index is 1.77. The molecule has 3 N–H and O–H groups in total. The first-order valence-corrected chi connectivity index (χ1v) is 6.39. The van der Waals surface area contributed by atoms with Crippen molar-refractivity contribution in [2.24, 2.45) is 0 Å². The lowest BCUT2D eigenvalue weighted by Gasteiger charge is -2.07. The van der Waals surface area contributed by atoms with E-state index in [1.807, 2.05) is 30.3 Å². The zero-order chi connectivity index (χ0) is 15.1. The molecule has 2 rings (SSSR count). The molecule has 6 nitrogen and oxygen atoms in total. The van der Waals surface area contributed by atoms with Crippen molar-refractivity contribution in [1.82, 2.24) is 15.6 Å². The van der Waals surface area contributed by atoms with Crippen LogP contribution in [0.3, 0.4) is 0 Å². The molecule has 2 aromatic rings. The van der Waals surface area contributed by atoms with Gasteiger partial charge >= 0.3 is 12.0 Å². The van der Waals surface area contributed by atoms with E-state index in [-0.39, 0.29) is 18.3 Å². The number of nitrogens with zero attached hydrogens (tertiary/aromatic N) is 1. The van der Waals surface area contributed by atoms with Gasteiger partial charge in [0.2, 0.25) is 0 Å². The van der Waals surface area contributed by atoms with Gasteiger partial charge in [-0.15, -0.1) is 0 Å². The van der Waals surface area contributed by atoms with Gasteiger partial charge in [-0.1, -0.05) is 36.4 Å². The average molecular weight is 285 g/mol. The zero-order valence-electron chi connectivity index (χ0n) is 11.2. The molecule has 0 fully saturated rings. The summed E-state index contributed by atoms with van der Waals surface area (Å²) in [6, 6.07) is 12.3. The molecule has 0 aliphatic heterocycles. The fourth-order valence-electron chi connectivity index (χ4n) is 1.68. The van der Waals surface area contributed by atoms with Crippen LogP contribution in [0, 0.1) is 0 Å². The molecule has 21 heavy (non-hydrogen) atoms. The van der Waals surface area contributed by atoms with E-state index in [0.29, 0.717) is 6.54 Å². The first-order valence-electron chi connectivity index (χ1n) is 6.39. The second kappa shape index (κ2) is 7.04. The standard InChI is InChI=1S/C15H15N3O3/c19-14(20)13-7-6-12(9-16-13)10-18-15(21)17-8-11-4-2-1-3-5-11/h1-7,9H,8,10H2,(H,19,20)(H2,17,18,21). The van der Waals surface area contributed by atoms with Gasteiger partial charge in [-0.3, -0.25) is 0 Å². The molecule has 0 unspecified atom stereocenters. The highest BCUT2D eigenvalue weighted by molar-refractivity contribution is 5.85. The number of carbonyl (C=O) groups excluding carboxylic acids is 1. The van der Waals surface area contributed by atoms with Crippen LogP contribution in [-0.2, 0) is 13.1 Å². The van der Waals surface area contributed by atoms with E-state index in [9.17, 15) is 9.59 Å². The van der Waals surface area contributed by atoms with E-state index in [1.165, 1.54) is 12.3 Å². The van der Waals surface area contributed by atoms with Gasteiger partial charge in [0.05, 0.1) is 0 Å². The molecule has 0 spiro atoms. The minimum absolute atomic E-state index is 0.0210. The fraction of sp³-hybridized carbons (Fsp3) is 0.133. The number of aromatic carboxylic acids is 1. The summed E-state index contributed by atoms with van der Waals surface area (Å²) in [6.45, 7) is 0.733. The highest BCUT2D eigenvalue weighted by atomic mass is 16.4. The Kier molecular flexibility index (Phi) is 4.87. The number of rotatable bonds is 5. The molecule has 0 saturated heterocycles. The Morgan fingerprint density at radius 3 is 2.19 bits per heavy atom. The molecule has 0 atom stereocenters. The molecule has 0 aliphatic carbocycles. The Morgan fingerprint density at radius 2 is 1.62 bits per heavy atom. The maximum absolute atomic E-state index is 11.6. The molecule has 0 aliphatic rings. The second-order valence-electron chi connectivity index (χ2n) is 4.38. The molecule has 0 saturated carbocycles. The Morgan fingerprint density at radius 1 is 0.952 bits per heavy atom. The van der Waals surface area contributed by atoms with Crippen molar-refractivity contribution in [3.63, 3.8) is 0 Å². The van der Waals surface area contributed by atoms with Gasteiger partial charge in [0, 0.05) is 19.3 Å². The van der Waals surface area contributed by atoms with Crippen molar-refractivity contribution in [3.8, 4) is 0 Å². The minimum Gasteiger partial charge on any atom is -0.477 e. The molecule has 1 aromatic heterocycles. The molecule has 6 heteroatoms. The smallest absolute Gasteiger partial charge is 0.354 e. The van der Waals surface area contributed by atoms with Crippen LogP contribution in [0.2, 0.25) is 0 Å². The van der Waals surface area contributed by atoms with Crippen molar-refractivity contribution in [1.29, 1.82) is 0 Å². The van der Waals surface area contributed by atoms with Crippen LogP contribution in [0.5, 0.6) is 0 Å². The molecule has 1 aromatic carbocycles. The van der Waals surface area contributed by atoms with Gasteiger partial charge < -0.3 is 15.7 Å². The van der Waals surface area contributed by atoms with Crippen LogP contribution in [0.15, 0.2) is 48.7 Å². The van der Waals surface area contributed by atoms with Gasteiger partial charge in [0.15, 0.2) is 0 Å². The van der Waals surface area contributed by atoms with Crippen molar-refractivity contribution in [3.05, 3.63) is 65.5 Å². The topological polar surface area (TPSA) is 91.3 Å². The molecule has 0 bridgehead atoms. The van der Waals surface area contributed by atoms with Gasteiger partial charge in [0.1, 0.15) is 5.69 Å². The quantitative estimate of drug-likeness (QED) is 0.781. The third kappa shape index (κ3) is 4.61. The van der Waals surface area contributed by atoms with Gasteiger partial charge in [-0.25, -0.2) is 14.6 Å². The molecule has 108 valence electrons. The maximum atomic E-state index is 11.6. The Labute approximate surface area is 121 Å². The number of aromatic nitrogens is 1. The van der Waals surface area contributed by atoms with E-state index >= 15 is 0 Å². The van der Waals surface area contributed by atoms with E-state index in [4.69, 9.17) is 5.11 Å². The Bertz CT molecular complexity index is 612. The predicted molar refractivity (Wildman–Crippen MR) is 76.7 cm³/mol. The molecular weight excluding hydrogens is 270 g/mol. The Hall–Kier alpha value is -2.89. The van der Waals surface area contributed by atoms with Gasteiger partial charge in [0.25, 0.3) is 0 Å². The highest BCUT2D eigenvalue weighted by Gasteiger charge is 2.04. The summed E-state index contributed by atoms with van der Waals surface area (Å²) in [5.41, 5.74) is 1.72. The number of amides is 2. The first-order chi connectivity index (χ1) is 10.1. The number of urea groups is 1. The molecule has 2 amide bonds. The number of hydrogen-bond donors (Lipinski definition) is 3. The first kappa shape index (κ1) is 14.5. The van der Waals surface area contributed by atoms with Crippen molar-refractivity contribution in [2.75, 3.05) is 0 Å². The molecular formula is C15H15N3O3. The van der Waals surface area contributed by atoms with E-state index in [2.05, 4.69) is 15.6 Å². The van der Waals surface area contributed by atoms with Crippen LogP contribution in [0.25, 0.3) is 0 Å². The van der Waals surface area contributed by atoms with Gasteiger partial charge in [-0.2, -0.15) is 0 Å². The third-order valence-corrected chi connectivity index (χ3v) is 2.79. The fourth-order valence-corrected chi connectivity index (χ4v) is 1.68. The molecule has 1 heterocycles. The summed E-state index contributed by atoms with van der Waals surface area (Å²) in [6.07, 6.45) is 1.43. The lowest BCUT2D eigenvalue weighted by Crippen LogP contribution is -2.34. The van der Waals surface area contributed by atoms with E-state index in [0.717, 1.165) is 11.1 Å². The summed E-state index contributed by atoms with van der Waals surface area (Å²) < 4.78 is 0. The predicted octanol–water partition coefficient (Wildman–Crippen LogP) is 1.78. The lowest BCUT2D eigenvalue weighted by atomic mass is 10.2. The summed E-state index contributed by atoms with van der Waals surface area (Å²) in [5.74, 6) is -1.07. The largest absolute Gasteiger partial charge is 0.477 e. The molecule has 0 radical (unpaired) electrons. The van der Waals surface area contributed by atoms with Crippen LogP contribution in [-0.4, -0.2) is 22.1 Å². The number of carbonyl (C=O) groups is 2. The minimum atomic E-state index is -1.07. The monoisotopic (exact) mass is 285 g/mol. The highest BCUT2D eigenvalue weighted by Crippen LogP contribution is 2.00.